The number of halogens is 1. The van der Waals surface area contributed by atoms with Crippen LogP contribution >= 0.6 is 27.3 Å². The second kappa shape index (κ2) is 6.30. The fraction of sp³-hybridized carbons (Fsp3) is 0.286. The largest absolute Gasteiger partial charge is 0.343 e. The Morgan fingerprint density at radius 1 is 1.42 bits per heavy atom. The van der Waals surface area contributed by atoms with E-state index in [1.165, 1.54) is 0 Å². The molecule has 1 atom stereocenters. The number of nitrogens with one attached hydrogen (secondary N) is 1. The summed E-state index contributed by atoms with van der Waals surface area (Å²) in [5, 5.41) is 4.69. The molecule has 5 heteroatoms. The summed E-state index contributed by atoms with van der Waals surface area (Å²) in [6.07, 6.45) is 1.83. The minimum Gasteiger partial charge on any atom is -0.343 e. The van der Waals surface area contributed by atoms with Crippen molar-refractivity contribution in [2.75, 3.05) is 0 Å². The van der Waals surface area contributed by atoms with Gasteiger partial charge < -0.3 is 5.32 Å². The predicted molar refractivity (Wildman–Crippen MR) is 81.8 cm³/mol. The molecule has 3 nitrogen and oxygen atoms in total. The third kappa shape index (κ3) is 3.64. The second-order valence-electron chi connectivity index (χ2n) is 4.33. The maximum absolute atomic E-state index is 12.1. The molecule has 0 saturated carbocycles. The molecule has 1 heterocycles. The van der Waals surface area contributed by atoms with E-state index in [1.807, 2.05) is 44.3 Å². The number of aromatic nitrogens is 1. The molecule has 1 aromatic carbocycles. The third-order valence-electron chi connectivity index (χ3n) is 2.73. The van der Waals surface area contributed by atoms with E-state index < -0.39 is 0 Å². The van der Waals surface area contributed by atoms with Crippen LogP contribution in [-0.2, 0) is 5.33 Å². The first-order chi connectivity index (χ1) is 9.10. The topological polar surface area (TPSA) is 42.0 Å². The van der Waals surface area contributed by atoms with Gasteiger partial charge in [0.25, 0.3) is 5.91 Å². The molecule has 2 rings (SSSR count). The number of carbonyl (C=O) groups excluding carboxylic acids is 1. The molecule has 0 radical (unpaired) electrons. The number of thiazole rings is 1. The van der Waals surface area contributed by atoms with Crippen LogP contribution in [0.2, 0.25) is 0 Å². The van der Waals surface area contributed by atoms with Gasteiger partial charge >= 0.3 is 0 Å². The van der Waals surface area contributed by atoms with E-state index in [0.29, 0.717) is 5.56 Å². The Bertz CT molecular complexity index is 565. The van der Waals surface area contributed by atoms with Crippen molar-refractivity contribution in [1.82, 2.24) is 10.3 Å². The van der Waals surface area contributed by atoms with Crippen LogP contribution in [0.3, 0.4) is 0 Å². The van der Waals surface area contributed by atoms with Gasteiger partial charge in [0.05, 0.1) is 6.04 Å². The van der Waals surface area contributed by atoms with E-state index in [0.717, 1.165) is 20.8 Å². The molecule has 0 saturated heterocycles. The molecule has 0 aliphatic rings. The maximum Gasteiger partial charge on any atom is 0.251 e. The Kier molecular flexibility index (Phi) is 4.71. The summed E-state index contributed by atoms with van der Waals surface area (Å²) in [7, 11) is 0. The minimum absolute atomic E-state index is 0.0675. The van der Waals surface area contributed by atoms with Crippen molar-refractivity contribution in [3.05, 3.63) is 51.5 Å². The number of rotatable bonds is 4. The second-order valence-corrected chi connectivity index (χ2v) is 6.16. The summed E-state index contributed by atoms with van der Waals surface area (Å²) >= 11 is 4.99. The molecule has 1 unspecified atom stereocenters. The predicted octanol–water partition coefficient (Wildman–Crippen LogP) is 3.84. The average molecular weight is 339 g/mol. The van der Waals surface area contributed by atoms with E-state index in [9.17, 15) is 4.79 Å². The zero-order valence-electron chi connectivity index (χ0n) is 10.8. The van der Waals surface area contributed by atoms with E-state index in [2.05, 4.69) is 26.2 Å². The lowest BCUT2D eigenvalue weighted by Gasteiger charge is -2.11. The molecule has 0 fully saturated rings. The number of hydrogen-bond donors (Lipinski definition) is 1. The van der Waals surface area contributed by atoms with Crippen LogP contribution in [0.4, 0.5) is 0 Å². The molecular weight excluding hydrogens is 324 g/mol. The van der Waals surface area contributed by atoms with Gasteiger partial charge in [0.1, 0.15) is 5.01 Å². The smallest absolute Gasteiger partial charge is 0.251 e. The van der Waals surface area contributed by atoms with Crippen molar-refractivity contribution in [3.63, 3.8) is 0 Å². The molecule has 0 aliphatic heterocycles. The third-order valence-corrected chi connectivity index (χ3v) is 4.47. The summed E-state index contributed by atoms with van der Waals surface area (Å²) < 4.78 is 0. The van der Waals surface area contributed by atoms with E-state index >= 15 is 0 Å². The van der Waals surface area contributed by atoms with Gasteiger partial charge in [-0.05, 0) is 31.5 Å². The van der Waals surface area contributed by atoms with E-state index in [4.69, 9.17) is 0 Å². The van der Waals surface area contributed by atoms with Crippen LogP contribution < -0.4 is 5.32 Å². The quantitative estimate of drug-likeness (QED) is 0.860. The van der Waals surface area contributed by atoms with Crippen molar-refractivity contribution in [1.29, 1.82) is 0 Å². The molecule has 1 N–H and O–H groups in total. The van der Waals surface area contributed by atoms with Crippen LogP contribution in [0.1, 0.15) is 38.8 Å². The Labute approximate surface area is 125 Å². The zero-order valence-corrected chi connectivity index (χ0v) is 13.2. The number of benzene rings is 1. The van der Waals surface area contributed by atoms with Gasteiger partial charge in [-0.1, -0.05) is 28.1 Å². The molecule has 0 spiro atoms. The van der Waals surface area contributed by atoms with Gasteiger partial charge in [-0.3, -0.25) is 4.79 Å². The van der Waals surface area contributed by atoms with Crippen molar-refractivity contribution in [3.8, 4) is 0 Å². The fourth-order valence-corrected chi connectivity index (χ4v) is 2.81. The standard InChI is InChI=1S/C14H15BrN2OS/c1-9-8-16-14(19-9)10(2)17-13(18)12-5-3-11(7-15)4-6-12/h3-6,8,10H,7H2,1-2H3,(H,17,18). The highest BCUT2D eigenvalue weighted by atomic mass is 79.9. The number of aryl methyl sites for hydroxylation is 1. The van der Waals surface area contributed by atoms with Crippen molar-refractivity contribution >= 4 is 33.2 Å². The molecule has 2 aromatic rings. The molecule has 0 bridgehead atoms. The normalized spacial score (nSPS) is 12.2. The first-order valence-corrected chi connectivity index (χ1v) is 7.92. The Hall–Kier alpha value is -1.20. The number of alkyl halides is 1. The lowest BCUT2D eigenvalue weighted by Crippen LogP contribution is -2.26. The lowest BCUT2D eigenvalue weighted by atomic mass is 10.1. The maximum atomic E-state index is 12.1. The molecule has 1 aromatic heterocycles. The van der Waals surface area contributed by atoms with Crippen molar-refractivity contribution in [2.24, 2.45) is 0 Å². The molecule has 1 amide bonds. The molecule has 19 heavy (non-hydrogen) atoms. The highest BCUT2D eigenvalue weighted by Crippen LogP contribution is 2.19. The van der Waals surface area contributed by atoms with Gasteiger partial charge in [0.15, 0.2) is 0 Å². The molecular formula is C14H15BrN2OS. The van der Waals surface area contributed by atoms with Crippen LogP contribution in [-0.4, -0.2) is 10.9 Å². The summed E-state index contributed by atoms with van der Waals surface area (Å²) in [5.74, 6) is -0.0681. The summed E-state index contributed by atoms with van der Waals surface area (Å²) in [6, 6.07) is 7.50. The minimum atomic E-state index is -0.0681. The molecule has 0 aliphatic carbocycles. The van der Waals surface area contributed by atoms with Crippen LogP contribution in [0.5, 0.6) is 0 Å². The monoisotopic (exact) mass is 338 g/mol. The Balaban J connectivity index is 2.03. The van der Waals surface area contributed by atoms with Gasteiger partial charge in [-0.15, -0.1) is 11.3 Å². The van der Waals surface area contributed by atoms with E-state index in [1.54, 1.807) is 11.3 Å². The first kappa shape index (κ1) is 14.2. The van der Waals surface area contributed by atoms with Gasteiger partial charge in [-0.2, -0.15) is 0 Å². The van der Waals surface area contributed by atoms with Gasteiger partial charge in [-0.25, -0.2) is 4.98 Å². The van der Waals surface area contributed by atoms with Crippen LogP contribution in [0.25, 0.3) is 0 Å². The van der Waals surface area contributed by atoms with Gasteiger partial charge in [0.2, 0.25) is 0 Å². The highest BCUT2D eigenvalue weighted by Gasteiger charge is 2.13. The lowest BCUT2D eigenvalue weighted by molar-refractivity contribution is 0.0940. The van der Waals surface area contributed by atoms with Crippen molar-refractivity contribution < 1.29 is 4.79 Å². The van der Waals surface area contributed by atoms with Crippen molar-refractivity contribution in [2.45, 2.75) is 25.2 Å². The highest BCUT2D eigenvalue weighted by molar-refractivity contribution is 9.08. The number of amides is 1. The van der Waals surface area contributed by atoms with Crippen LogP contribution in [0, 0.1) is 6.92 Å². The average Bonchev–Trinajstić information content (AvgIpc) is 2.85. The summed E-state index contributed by atoms with van der Waals surface area (Å²) in [6.45, 7) is 3.96. The zero-order chi connectivity index (χ0) is 13.8. The number of nitrogens with zero attached hydrogens (tertiary/aromatic N) is 1. The Morgan fingerprint density at radius 2 is 2.11 bits per heavy atom. The summed E-state index contributed by atoms with van der Waals surface area (Å²) in [5.41, 5.74) is 1.82. The Morgan fingerprint density at radius 3 is 2.63 bits per heavy atom. The molecule has 100 valence electrons. The first-order valence-electron chi connectivity index (χ1n) is 5.98. The fourth-order valence-electron chi connectivity index (χ4n) is 1.66. The summed E-state index contributed by atoms with van der Waals surface area (Å²) in [4.78, 5) is 17.5. The number of carbonyl (C=O) groups is 1. The number of hydrogen-bond acceptors (Lipinski definition) is 3. The van der Waals surface area contributed by atoms with Gasteiger partial charge in [0, 0.05) is 22.0 Å². The van der Waals surface area contributed by atoms with Crippen LogP contribution in [0.15, 0.2) is 30.5 Å². The van der Waals surface area contributed by atoms with E-state index in [-0.39, 0.29) is 11.9 Å². The SMILES string of the molecule is Cc1cnc(C(C)NC(=O)c2ccc(CBr)cc2)s1.